The summed E-state index contributed by atoms with van der Waals surface area (Å²) in [5.41, 5.74) is 0.870. The van der Waals surface area contributed by atoms with Crippen LogP contribution in [0.1, 0.15) is 32.4 Å². The number of nitrogens with zero attached hydrogens (tertiary/aromatic N) is 2. The van der Waals surface area contributed by atoms with Gasteiger partial charge in [-0.05, 0) is 25.7 Å². The van der Waals surface area contributed by atoms with E-state index in [0.29, 0.717) is 24.7 Å². The molecule has 0 unspecified atom stereocenters. The molecule has 1 aliphatic rings. The van der Waals surface area contributed by atoms with E-state index < -0.39 is 12.1 Å². The first kappa shape index (κ1) is 15.8. The summed E-state index contributed by atoms with van der Waals surface area (Å²) in [4.78, 5) is 30.0. The summed E-state index contributed by atoms with van der Waals surface area (Å²) in [5, 5.41) is 5.22. The molecule has 0 aromatic carbocycles. The number of likely N-dealkylation sites (tertiary alicyclic amines) is 1. The Labute approximate surface area is 128 Å². The highest BCUT2D eigenvalue weighted by Crippen LogP contribution is 2.21. The number of aryl methyl sites for hydroxylation is 1. The van der Waals surface area contributed by atoms with Gasteiger partial charge in [0, 0.05) is 11.9 Å². The summed E-state index contributed by atoms with van der Waals surface area (Å²) >= 11 is 1.38. The van der Waals surface area contributed by atoms with Crippen LogP contribution in [0, 0.1) is 12.8 Å². The van der Waals surface area contributed by atoms with Gasteiger partial charge in [0.25, 0.3) is 0 Å². The van der Waals surface area contributed by atoms with Crippen LogP contribution in [0.2, 0.25) is 0 Å². The van der Waals surface area contributed by atoms with Gasteiger partial charge in [-0.1, -0.05) is 13.8 Å². The van der Waals surface area contributed by atoms with Crippen molar-refractivity contribution < 1.29 is 14.3 Å². The SMILES string of the molecule is Cc1csc(NC(=O)[C@@H]2CCCN2C(=O)OCC(C)C)n1. The fourth-order valence-electron chi connectivity index (χ4n) is 2.18. The van der Waals surface area contributed by atoms with Crippen LogP contribution in [0.3, 0.4) is 0 Å². The predicted molar refractivity (Wildman–Crippen MR) is 81.4 cm³/mol. The van der Waals surface area contributed by atoms with Crippen LogP contribution in [0.4, 0.5) is 9.93 Å². The number of anilines is 1. The largest absolute Gasteiger partial charge is 0.449 e. The molecule has 1 aromatic heterocycles. The Kier molecular flexibility index (Phi) is 5.17. The zero-order valence-corrected chi connectivity index (χ0v) is 13.4. The summed E-state index contributed by atoms with van der Waals surface area (Å²) < 4.78 is 5.22. The second kappa shape index (κ2) is 6.89. The maximum absolute atomic E-state index is 12.3. The van der Waals surface area contributed by atoms with E-state index >= 15 is 0 Å². The normalized spacial score (nSPS) is 18.1. The fourth-order valence-corrected chi connectivity index (χ4v) is 2.87. The summed E-state index contributed by atoms with van der Waals surface area (Å²) in [6.45, 7) is 6.76. The van der Waals surface area contributed by atoms with Crippen molar-refractivity contribution in [3.05, 3.63) is 11.1 Å². The van der Waals surface area contributed by atoms with Crippen molar-refractivity contribution in [2.24, 2.45) is 5.92 Å². The van der Waals surface area contributed by atoms with Crippen molar-refractivity contribution in [3.8, 4) is 0 Å². The molecule has 2 amide bonds. The molecule has 1 aromatic rings. The van der Waals surface area contributed by atoms with E-state index in [1.165, 1.54) is 16.2 Å². The molecule has 0 aliphatic carbocycles. The van der Waals surface area contributed by atoms with Crippen molar-refractivity contribution in [1.82, 2.24) is 9.88 Å². The Morgan fingerprint density at radius 1 is 1.57 bits per heavy atom. The van der Waals surface area contributed by atoms with Crippen molar-refractivity contribution in [2.75, 3.05) is 18.5 Å². The first-order valence-electron chi connectivity index (χ1n) is 7.13. The molecule has 1 atom stereocenters. The van der Waals surface area contributed by atoms with Gasteiger partial charge < -0.3 is 10.1 Å². The van der Waals surface area contributed by atoms with Crippen molar-refractivity contribution in [3.63, 3.8) is 0 Å². The van der Waals surface area contributed by atoms with Crippen LogP contribution in [-0.2, 0) is 9.53 Å². The third-order valence-electron chi connectivity index (χ3n) is 3.18. The molecular formula is C14H21N3O3S. The number of aromatic nitrogens is 1. The summed E-state index contributed by atoms with van der Waals surface area (Å²) in [5.74, 6) is 0.0884. The van der Waals surface area contributed by atoms with Gasteiger partial charge in [0.1, 0.15) is 6.04 Å². The van der Waals surface area contributed by atoms with Crippen LogP contribution in [0.25, 0.3) is 0 Å². The Morgan fingerprint density at radius 2 is 2.33 bits per heavy atom. The number of amides is 2. The molecule has 0 saturated carbocycles. The van der Waals surface area contributed by atoms with Gasteiger partial charge in [0.2, 0.25) is 5.91 Å². The van der Waals surface area contributed by atoms with Gasteiger partial charge in [-0.2, -0.15) is 0 Å². The molecular weight excluding hydrogens is 290 g/mol. The maximum atomic E-state index is 12.3. The molecule has 21 heavy (non-hydrogen) atoms. The molecule has 0 bridgehead atoms. The molecule has 1 aliphatic heterocycles. The molecule has 1 saturated heterocycles. The highest BCUT2D eigenvalue weighted by atomic mass is 32.1. The second-order valence-corrected chi connectivity index (χ2v) is 6.46. The van der Waals surface area contributed by atoms with Gasteiger partial charge in [0.15, 0.2) is 5.13 Å². The number of hydrogen-bond acceptors (Lipinski definition) is 5. The van der Waals surface area contributed by atoms with E-state index in [1.807, 2.05) is 26.2 Å². The molecule has 2 heterocycles. The average Bonchev–Trinajstić information content (AvgIpc) is 3.04. The molecule has 6 nitrogen and oxygen atoms in total. The molecule has 116 valence electrons. The minimum absolute atomic E-state index is 0.191. The molecule has 7 heteroatoms. The average molecular weight is 311 g/mol. The number of carbonyl (C=O) groups is 2. The number of carbonyl (C=O) groups excluding carboxylic acids is 2. The van der Waals surface area contributed by atoms with E-state index in [2.05, 4.69) is 10.3 Å². The molecule has 1 fully saturated rings. The van der Waals surface area contributed by atoms with E-state index in [1.54, 1.807) is 0 Å². The Morgan fingerprint density at radius 3 is 2.95 bits per heavy atom. The summed E-state index contributed by atoms with van der Waals surface area (Å²) in [6, 6.07) is -0.464. The first-order chi connectivity index (χ1) is 9.97. The van der Waals surface area contributed by atoms with Crippen LogP contribution < -0.4 is 5.32 Å². The van der Waals surface area contributed by atoms with Gasteiger partial charge in [-0.3, -0.25) is 9.69 Å². The Bertz CT molecular complexity index is 515. The van der Waals surface area contributed by atoms with E-state index in [0.717, 1.165) is 12.1 Å². The Hall–Kier alpha value is -1.63. The van der Waals surface area contributed by atoms with Gasteiger partial charge in [-0.15, -0.1) is 11.3 Å². The monoisotopic (exact) mass is 311 g/mol. The standard InChI is InChI=1S/C14H21N3O3S/c1-9(2)7-20-14(19)17-6-4-5-11(17)12(18)16-13-15-10(3)8-21-13/h8-9,11H,4-7H2,1-3H3,(H,15,16,18)/t11-/m0/s1. The number of nitrogens with one attached hydrogen (secondary N) is 1. The van der Waals surface area contributed by atoms with Crippen molar-refractivity contribution >= 4 is 28.5 Å². The van der Waals surface area contributed by atoms with Crippen LogP contribution in [-0.4, -0.2) is 41.1 Å². The number of thiazole rings is 1. The number of hydrogen-bond donors (Lipinski definition) is 1. The van der Waals surface area contributed by atoms with Gasteiger partial charge in [-0.25, -0.2) is 9.78 Å². The fraction of sp³-hybridized carbons (Fsp3) is 0.643. The van der Waals surface area contributed by atoms with Gasteiger partial charge in [0.05, 0.1) is 12.3 Å². The third kappa shape index (κ3) is 4.17. The lowest BCUT2D eigenvalue weighted by atomic mass is 10.2. The third-order valence-corrected chi connectivity index (χ3v) is 4.05. The molecule has 0 spiro atoms. The predicted octanol–water partition coefficient (Wildman–Crippen LogP) is 2.65. The smallest absolute Gasteiger partial charge is 0.410 e. The number of ether oxygens (including phenoxy) is 1. The first-order valence-corrected chi connectivity index (χ1v) is 8.01. The highest BCUT2D eigenvalue weighted by Gasteiger charge is 2.35. The minimum atomic E-state index is -0.464. The number of rotatable bonds is 4. The summed E-state index contributed by atoms with van der Waals surface area (Å²) in [6.07, 6.45) is 1.07. The quantitative estimate of drug-likeness (QED) is 0.928. The second-order valence-electron chi connectivity index (χ2n) is 5.61. The van der Waals surface area contributed by atoms with E-state index in [4.69, 9.17) is 4.74 Å². The zero-order chi connectivity index (χ0) is 15.4. The lowest BCUT2D eigenvalue weighted by Crippen LogP contribution is -2.43. The topological polar surface area (TPSA) is 71.5 Å². The molecule has 2 rings (SSSR count). The maximum Gasteiger partial charge on any atom is 0.410 e. The van der Waals surface area contributed by atoms with Crippen LogP contribution in [0.15, 0.2) is 5.38 Å². The molecule has 1 N–H and O–H groups in total. The lowest BCUT2D eigenvalue weighted by molar-refractivity contribution is -0.120. The highest BCUT2D eigenvalue weighted by molar-refractivity contribution is 7.13. The van der Waals surface area contributed by atoms with Crippen molar-refractivity contribution in [1.29, 1.82) is 0 Å². The van der Waals surface area contributed by atoms with Crippen molar-refractivity contribution in [2.45, 2.75) is 39.7 Å². The lowest BCUT2D eigenvalue weighted by Gasteiger charge is -2.23. The van der Waals surface area contributed by atoms with Gasteiger partial charge >= 0.3 is 6.09 Å². The van der Waals surface area contributed by atoms with E-state index in [9.17, 15) is 9.59 Å². The minimum Gasteiger partial charge on any atom is -0.449 e. The zero-order valence-electron chi connectivity index (χ0n) is 12.6. The van der Waals surface area contributed by atoms with Crippen LogP contribution >= 0.6 is 11.3 Å². The molecule has 0 radical (unpaired) electrons. The summed E-state index contributed by atoms with van der Waals surface area (Å²) in [7, 11) is 0. The van der Waals surface area contributed by atoms with E-state index in [-0.39, 0.29) is 11.8 Å². The Balaban J connectivity index is 1.94. The van der Waals surface area contributed by atoms with Crippen LogP contribution in [0.5, 0.6) is 0 Å².